The Labute approximate surface area is 160 Å². The van der Waals surface area contributed by atoms with Gasteiger partial charge >= 0.3 is 5.97 Å². The number of nitrogens with one attached hydrogen (secondary N) is 1. The van der Waals surface area contributed by atoms with Crippen LogP contribution in [-0.4, -0.2) is 40.9 Å². The zero-order valence-electron chi connectivity index (χ0n) is 14.4. The highest BCUT2D eigenvalue weighted by atomic mass is 32.2. The van der Waals surface area contributed by atoms with Crippen molar-refractivity contribution < 1.29 is 14.3 Å². The average Bonchev–Trinajstić information content (AvgIpc) is 3.19. The fourth-order valence-corrected chi connectivity index (χ4v) is 6.18. The third-order valence-corrected chi connectivity index (χ3v) is 7.55. The minimum atomic E-state index is -0.326. The molecule has 1 aromatic rings. The molecule has 1 aromatic heterocycles. The largest absolute Gasteiger partial charge is 0.462 e. The van der Waals surface area contributed by atoms with Crippen LogP contribution in [0.25, 0.3) is 0 Å². The summed E-state index contributed by atoms with van der Waals surface area (Å²) < 4.78 is 6.20. The van der Waals surface area contributed by atoms with Crippen LogP contribution in [0.3, 0.4) is 0 Å². The van der Waals surface area contributed by atoms with E-state index in [1.807, 2.05) is 0 Å². The minimum absolute atomic E-state index is 0.0996. The Morgan fingerprint density at radius 1 is 1.44 bits per heavy atom. The standard InChI is InChI=1S/C17H22N2O3S3/c1-3-22-16(21)14-11-5-4-10(2)8-12(11)25-15(14)19-13(20)9-24-17-18-6-7-23-17/h10H,3-9H2,1-2H3,(H,19,20)/t10-/m0/s1. The van der Waals surface area contributed by atoms with Gasteiger partial charge in [0.05, 0.1) is 24.5 Å². The maximum atomic E-state index is 12.4. The van der Waals surface area contributed by atoms with E-state index in [1.54, 1.807) is 18.7 Å². The number of nitrogens with zero attached hydrogens (tertiary/aromatic N) is 1. The van der Waals surface area contributed by atoms with Gasteiger partial charge in [-0.1, -0.05) is 30.4 Å². The number of carbonyl (C=O) groups excluding carboxylic acids is 2. The van der Waals surface area contributed by atoms with E-state index in [2.05, 4.69) is 17.2 Å². The Hall–Kier alpha value is -0.990. The SMILES string of the molecule is CCOC(=O)c1c(NC(=O)CSC2=NCCS2)sc2c1CC[C@H](C)C2. The summed E-state index contributed by atoms with van der Waals surface area (Å²) in [6.07, 6.45) is 2.90. The van der Waals surface area contributed by atoms with E-state index >= 15 is 0 Å². The van der Waals surface area contributed by atoms with Gasteiger partial charge in [0.25, 0.3) is 0 Å². The van der Waals surface area contributed by atoms with Gasteiger partial charge < -0.3 is 10.1 Å². The zero-order chi connectivity index (χ0) is 17.8. The molecule has 0 saturated heterocycles. The number of anilines is 1. The molecule has 2 aliphatic rings. The molecule has 3 rings (SSSR count). The van der Waals surface area contributed by atoms with Gasteiger partial charge in [-0.05, 0) is 37.7 Å². The minimum Gasteiger partial charge on any atom is -0.462 e. The molecule has 0 saturated carbocycles. The molecule has 0 unspecified atom stereocenters. The lowest BCUT2D eigenvalue weighted by atomic mass is 9.88. The molecule has 0 fully saturated rings. The Morgan fingerprint density at radius 3 is 3.00 bits per heavy atom. The summed E-state index contributed by atoms with van der Waals surface area (Å²) in [5.74, 6) is 1.49. The zero-order valence-corrected chi connectivity index (χ0v) is 16.9. The van der Waals surface area contributed by atoms with Crippen molar-refractivity contribution in [1.82, 2.24) is 0 Å². The first-order valence-electron chi connectivity index (χ1n) is 8.50. The van der Waals surface area contributed by atoms with E-state index in [9.17, 15) is 9.59 Å². The maximum absolute atomic E-state index is 12.4. The van der Waals surface area contributed by atoms with Gasteiger partial charge in [-0.25, -0.2) is 4.79 Å². The molecule has 1 amide bonds. The van der Waals surface area contributed by atoms with E-state index in [4.69, 9.17) is 4.74 Å². The van der Waals surface area contributed by atoms with Gasteiger partial charge in [0.1, 0.15) is 9.38 Å². The Morgan fingerprint density at radius 2 is 2.28 bits per heavy atom. The molecule has 25 heavy (non-hydrogen) atoms. The lowest BCUT2D eigenvalue weighted by Crippen LogP contribution is -2.18. The fraction of sp³-hybridized carbons (Fsp3) is 0.588. The number of ether oxygens (including phenoxy) is 1. The number of thiophene rings is 1. The number of hydrogen-bond acceptors (Lipinski definition) is 7. The number of aliphatic imine (C=N–C) groups is 1. The van der Waals surface area contributed by atoms with Crippen LogP contribution in [0, 0.1) is 5.92 Å². The lowest BCUT2D eigenvalue weighted by molar-refractivity contribution is -0.113. The van der Waals surface area contributed by atoms with Crippen molar-refractivity contribution in [2.45, 2.75) is 33.1 Å². The summed E-state index contributed by atoms with van der Waals surface area (Å²) in [5.41, 5.74) is 1.64. The maximum Gasteiger partial charge on any atom is 0.341 e. The van der Waals surface area contributed by atoms with E-state index in [1.165, 1.54) is 28.0 Å². The first-order chi connectivity index (χ1) is 12.1. The van der Waals surface area contributed by atoms with Crippen LogP contribution >= 0.6 is 34.9 Å². The molecule has 1 aliphatic heterocycles. The van der Waals surface area contributed by atoms with Crippen LogP contribution in [0.15, 0.2) is 4.99 Å². The fourth-order valence-electron chi connectivity index (χ4n) is 2.95. The average molecular weight is 399 g/mol. The topological polar surface area (TPSA) is 67.8 Å². The van der Waals surface area contributed by atoms with E-state index in [0.717, 1.165) is 41.5 Å². The normalized spacial score (nSPS) is 19.3. The van der Waals surface area contributed by atoms with E-state index < -0.39 is 0 Å². The monoisotopic (exact) mass is 398 g/mol. The van der Waals surface area contributed by atoms with Gasteiger partial charge in [-0.3, -0.25) is 9.79 Å². The van der Waals surface area contributed by atoms with Crippen LogP contribution in [0.5, 0.6) is 0 Å². The first-order valence-corrected chi connectivity index (χ1v) is 11.3. The van der Waals surface area contributed by atoms with Gasteiger partial charge in [0, 0.05) is 10.6 Å². The van der Waals surface area contributed by atoms with Crippen molar-refractivity contribution in [3.63, 3.8) is 0 Å². The highest BCUT2D eigenvalue weighted by Crippen LogP contribution is 2.40. The molecule has 0 radical (unpaired) electrons. The summed E-state index contributed by atoms with van der Waals surface area (Å²) >= 11 is 4.68. The number of amides is 1. The predicted octanol–water partition coefficient (Wildman–Crippen LogP) is 3.82. The third kappa shape index (κ3) is 4.60. The highest BCUT2D eigenvalue weighted by Gasteiger charge is 2.29. The van der Waals surface area contributed by atoms with E-state index in [-0.39, 0.29) is 11.9 Å². The Kier molecular flexibility index (Phi) is 6.46. The summed E-state index contributed by atoms with van der Waals surface area (Å²) in [7, 11) is 0. The van der Waals surface area contributed by atoms with Crippen LogP contribution in [0.2, 0.25) is 0 Å². The first kappa shape index (κ1) is 18.8. The molecule has 0 bridgehead atoms. The molecule has 8 heteroatoms. The molecule has 1 N–H and O–H groups in total. The molecule has 1 aliphatic carbocycles. The number of carbonyl (C=O) groups is 2. The molecular formula is C17H22N2O3S3. The van der Waals surface area contributed by atoms with Crippen LogP contribution in [-0.2, 0) is 22.4 Å². The second kappa shape index (κ2) is 8.60. The van der Waals surface area contributed by atoms with Gasteiger partial charge in [-0.15, -0.1) is 11.3 Å². The molecule has 5 nitrogen and oxygen atoms in total. The number of hydrogen-bond donors (Lipinski definition) is 1. The lowest BCUT2D eigenvalue weighted by Gasteiger charge is -2.18. The van der Waals surface area contributed by atoms with Crippen molar-refractivity contribution in [2.75, 3.05) is 30.0 Å². The molecule has 0 spiro atoms. The number of thioether (sulfide) groups is 2. The number of fused-ring (bicyclic) bond motifs is 1. The van der Waals surface area contributed by atoms with Crippen LogP contribution in [0.1, 0.15) is 41.1 Å². The van der Waals surface area contributed by atoms with Crippen LogP contribution in [0.4, 0.5) is 5.00 Å². The summed E-state index contributed by atoms with van der Waals surface area (Å²) in [6.45, 7) is 5.19. The van der Waals surface area contributed by atoms with E-state index in [0.29, 0.717) is 28.8 Å². The highest BCUT2D eigenvalue weighted by molar-refractivity contribution is 8.39. The smallest absolute Gasteiger partial charge is 0.341 e. The summed E-state index contributed by atoms with van der Waals surface area (Å²) in [4.78, 5) is 30.3. The second-order valence-electron chi connectivity index (χ2n) is 6.11. The van der Waals surface area contributed by atoms with Gasteiger partial charge in [0.2, 0.25) is 5.91 Å². The molecule has 136 valence electrons. The summed E-state index contributed by atoms with van der Waals surface area (Å²) in [5, 5.41) is 3.58. The molecule has 0 aromatic carbocycles. The molecule has 2 heterocycles. The van der Waals surface area contributed by atoms with Crippen molar-refractivity contribution in [3.05, 3.63) is 16.0 Å². The Bertz CT molecular complexity index is 700. The quantitative estimate of drug-likeness (QED) is 0.764. The van der Waals surface area contributed by atoms with Crippen molar-refractivity contribution in [3.8, 4) is 0 Å². The number of rotatable bonds is 5. The Balaban J connectivity index is 1.74. The van der Waals surface area contributed by atoms with Gasteiger partial charge in [-0.2, -0.15) is 0 Å². The number of esters is 1. The third-order valence-electron chi connectivity index (χ3n) is 4.13. The second-order valence-corrected chi connectivity index (χ2v) is 9.52. The molecular weight excluding hydrogens is 376 g/mol. The predicted molar refractivity (Wildman–Crippen MR) is 107 cm³/mol. The summed E-state index contributed by atoms with van der Waals surface area (Å²) in [6, 6.07) is 0. The van der Waals surface area contributed by atoms with Crippen molar-refractivity contribution >= 4 is 56.1 Å². The van der Waals surface area contributed by atoms with Crippen LogP contribution < -0.4 is 5.32 Å². The van der Waals surface area contributed by atoms with Crippen molar-refractivity contribution in [1.29, 1.82) is 0 Å². The molecule has 1 atom stereocenters. The van der Waals surface area contributed by atoms with Crippen molar-refractivity contribution in [2.24, 2.45) is 10.9 Å². The van der Waals surface area contributed by atoms with Gasteiger partial charge in [0.15, 0.2) is 0 Å².